The summed E-state index contributed by atoms with van der Waals surface area (Å²) in [5.41, 5.74) is 3.67. The molecule has 1 aliphatic carbocycles. The van der Waals surface area contributed by atoms with E-state index in [0.29, 0.717) is 5.78 Å². The Kier molecular flexibility index (Phi) is 2.22. The minimum Gasteiger partial charge on any atom is -0.294 e. The van der Waals surface area contributed by atoms with Crippen molar-refractivity contribution in [2.45, 2.75) is 39.5 Å². The zero-order chi connectivity index (χ0) is 11.2. The van der Waals surface area contributed by atoms with Crippen LogP contribution in [-0.4, -0.2) is 5.78 Å². The maximum Gasteiger partial charge on any atom is 0.166 e. The van der Waals surface area contributed by atoms with E-state index >= 15 is 0 Å². The fraction of sp³-hybridized carbons (Fsp3) is 0.500. The minimum absolute atomic E-state index is 0.171. The van der Waals surface area contributed by atoms with Crippen LogP contribution in [0.25, 0.3) is 0 Å². The molecule has 0 spiro atoms. The van der Waals surface area contributed by atoms with Crippen molar-refractivity contribution in [3.05, 3.63) is 34.9 Å². The molecule has 0 aromatic heterocycles. The highest BCUT2D eigenvalue weighted by Gasteiger charge is 2.27. The van der Waals surface area contributed by atoms with Gasteiger partial charge in [-0.1, -0.05) is 45.9 Å². The van der Waals surface area contributed by atoms with Gasteiger partial charge in [0, 0.05) is 11.5 Å². The topological polar surface area (TPSA) is 17.1 Å². The van der Waals surface area contributed by atoms with Crippen LogP contribution in [0.2, 0.25) is 0 Å². The Morgan fingerprint density at radius 1 is 1.27 bits per heavy atom. The first-order chi connectivity index (χ1) is 6.89. The average Bonchev–Trinajstić information content (AvgIpc) is 2.41. The van der Waals surface area contributed by atoms with Gasteiger partial charge in [0.2, 0.25) is 0 Å². The number of carbonyl (C=O) groups is 1. The van der Waals surface area contributed by atoms with Crippen molar-refractivity contribution < 1.29 is 4.79 Å². The molecule has 1 heteroatoms. The molecule has 0 aliphatic heterocycles. The molecule has 0 N–H and O–H groups in total. The first-order valence-electron chi connectivity index (χ1n) is 5.57. The zero-order valence-electron chi connectivity index (χ0n) is 9.92. The van der Waals surface area contributed by atoms with Gasteiger partial charge < -0.3 is 0 Å². The molecule has 1 aliphatic rings. The van der Waals surface area contributed by atoms with E-state index in [9.17, 15) is 4.79 Å². The summed E-state index contributed by atoms with van der Waals surface area (Å²) in [6.45, 7) is 8.62. The van der Waals surface area contributed by atoms with E-state index in [1.165, 1.54) is 11.1 Å². The third-order valence-corrected chi connectivity index (χ3v) is 3.21. The minimum atomic E-state index is 0.171. The number of fused-ring (bicyclic) bond motifs is 1. The van der Waals surface area contributed by atoms with Crippen molar-refractivity contribution in [3.8, 4) is 0 Å². The lowest BCUT2D eigenvalue weighted by atomic mass is 9.85. The summed E-state index contributed by atoms with van der Waals surface area (Å²) in [5.74, 6) is 0.487. The second-order valence-corrected chi connectivity index (χ2v) is 5.59. The van der Waals surface area contributed by atoms with Crippen LogP contribution < -0.4 is 0 Å². The Balaban J connectivity index is 2.47. The third-order valence-electron chi connectivity index (χ3n) is 3.21. The highest BCUT2D eigenvalue weighted by atomic mass is 16.1. The summed E-state index contributed by atoms with van der Waals surface area (Å²) in [6, 6.07) is 6.30. The highest BCUT2D eigenvalue weighted by molar-refractivity contribution is 6.02. The number of hydrogen-bond donors (Lipinski definition) is 0. The second-order valence-electron chi connectivity index (χ2n) is 5.59. The van der Waals surface area contributed by atoms with Crippen LogP contribution in [0.3, 0.4) is 0 Å². The number of hydrogen-bond acceptors (Lipinski definition) is 1. The van der Waals surface area contributed by atoms with Crippen molar-refractivity contribution in [1.82, 2.24) is 0 Å². The average molecular weight is 202 g/mol. The molecular formula is C14H18O. The van der Waals surface area contributed by atoms with Gasteiger partial charge in [-0.05, 0) is 23.0 Å². The molecule has 0 heterocycles. The molecule has 15 heavy (non-hydrogen) atoms. The van der Waals surface area contributed by atoms with Gasteiger partial charge in [-0.3, -0.25) is 4.79 Å². The largest absolute Gasteiger partial charge is 0.294 e. The summed E-state index contributed by atoms with van der Waals surface area (Å²) in [6.07, 6.45) is 0.915. The van der Waals surface area contributed by atoms with Crippen molar-refractivity contribution in [2.75, 3.05) is 0 Å². The zero-order valence-corrected chi connectivity index (χ0v) is 9.92. The van der Waals surface area contributed by atoms with E-state index in [-0.39, 0.29) is 11.3 Å². The SMILES string of the molecule is CC1Cc2cc(C(C)(C)C)ccc2C1=O. The van der Waals surface area contributed by atoms with Crippen molar-refractivity contribution in [3.63, 3.8) is 0 Å². The second kappa shape index (κ2) is 3.19. The predicted molar refractivity (Wildman–Crippen MR) is 62.3 cm³/mol. The van der Waals surface area contributed by atoms with Crippen LogP contribution in [-0.2, 0) is 11.8 Å². The molecule has 1 unspecified atom stereocenters. The number of ketones is 1. The fourth-order valence-corrected chi connectivity index (χ4v) is 2.16. The van der Waals surface area contributed by atoms with E-state index in [4.69, 9.17) is 0 Å². The Labute approximate surface area is 91.5 Å². The molecule has 0 amide bonds. The number of benzene rings is 1. The van der Waals surface area contributed by atoms with Gasteiger partial charge in [0.25, 0.3) is 0 Å². The van der Waals surface area contributed by atoms with E-state index in [0.717, 1.165) is 12.0 Å². The lowest BCUT2D eigenvalue weighted by Crippen LogP contribution is -2.11. The Hall–Kier alpha value is -1.11. The highest BCUT2D eigenvalue weighted by Crippen LogP contribution is 2.31. The molecule has 1 atom stereocenters. The van der Waals surface area contributed by atoms with Crippen LogP contribution in [0.1, 0.15) is 49.2 Å². The Morgan fingerprint density at radius 3 is 2.53 bits per heavy atom. The smallest absolute Gasteiger partial charge is 0.166 e. The number of rotatable bonds is 0. The van der Waals surface area contributed by atoms with Crippen LogP contribution in [0.15, 0.2) is 18.2 Å². The normalized spacial score (nSPS) is 20.5. The molecular weight excluding hydrogens is 184 g/mol. The summed E-state index contributed by atoms with van der Waals surface area (Å²) < 4.78 is 0. The van der Waals surface area contributed by atoms with Crippen LogP contribution in [0.5, 0.6) is 0 Å². The van der Waals surface area contributed by atoms with E-state index in [1.54, 1.807) is 0 Å². The van der Waals surface area contributed by atoms with E-state index < -0.39 is 0 Å². The quantitative estimate of drug-likeness (QED) is 0.630. The number of Topliss-reactive ketones (excluding diaryl/α,β-unsaturated/α-hetero) is 1. The molecule has 2 rings (SSSR count). The molecule has 1 aromatic rings. The van der Waals surface area contributed by atoms with Gasteiger partial charge >= 0.3 is 0 Å². The van der Waals surface area contributed by atoms with Gasteiger partial charge in [0.1, 0.15) is 0 Å². The molecule has 1 nitrogen and oxygen atoms in total. The summed E-state index contributed by atoms with van der Waals surface area (Å²) in [5, 5.41) is 0. The van der Waals surface area contributed by atoms with Crippen LogP contribution in [0, 0.1) is 5.92 Å². The fourth-order valence-electron chi connectivity index (χ4n) is 2.16. The van der Waals surface area contributed by atoms with Crippen molar-refractivity contribution >= 4 is 5.78 Å². The molecule has 80 valence electrons. The first kappa shape index (κ1) is 10.4. The Bertz CT molecular complexity index is 410. The maximum absolute atomic E-state index is 11.8. The summed E-state index contributed by atoms with van der Waals surface area (Å²) in [7, 11) is 0. The molecule has 1 aromatic carbocycles. The molecule has 0 radical (unpaired) electrons. The first-order valence-corrected chi connectivity index (χ1v) is 5.57. The van der Waals surface area contributed by atoms with E-state index in [2.05, 4.69) is 32.9 Å². The lowest BCUT2D eigenvalue weighted by Gasteiger charge is -2.19. The maximum atomic E-state index is 11.8. The van der Waals surface area contributed by atoms with E-state index in [1.807, 2.05) is 13.0 Å². The predicted octanol–water partition coefficient (Wildman–Crippen LogP) is 3.36. The van der Waals surface area contributed by atoms with Crippen LogP contribution in [0.4, 0.5) is 0 Å². The lowest BCUT2D eigenvalue weighted by molar-refractivity contribution is 0.0946. The van der Waals surface area contributed by atoms with Gasteiger partial charge in [0.05, 0.1) is 0 Å². The molecule has 0 bridgehead atoms. The molecule has 0 saturated carbocycles. The monoisotopic (exact) mass is 202 g/mol. The van der Waals surface area contributed by atoms with Gasteiger partial charge in [-0.15, -0.1) is 0 Å². The number of carbonyl (C=O) groups excluding carboxylic acids is 1. The standard InChI is InChI=1S/C14H18O/c1-9-7-10-8-11(14(2,3)4)5-6-12(10)13(9)15/h5-6,8-9H,7H2,1-4H3. The van der Waals surface area contributed by atoms with Gasteiger partial charge in [-0.25, -0.2) is 0 Å². The summed E-state index contributed by atoms with van der Waals surface area (Å²) >= 11 is 0. The van der Waals surface area contributed by atoms with Gasteiger partial charge in [0.15, 0.2) is 5.78 Å². The Morgan fingerprint density at radius 2 is 1.93 bits per heavy atom. The molecule has 0 fully saturated rings. The summed E-state index contributed by atoms with van der Waals surface area (Å²) in [4.78, 5) is 11.8. The van der Waals surface area contributed by atoms with Crippen molar-refractivity contribution in [2.24, 2.45) is 5.92 Å². The third kappa shape index (κ3) is 1.71. The van der Waals surface area contributed by atoms with Crippen molar-refractivity contribution in [1.29, 1.82) is 0 Å². The molecule has 0 saturated heterocycles. The van der Waals surface area contributed by atoms with Gasteiger partial charge in [-0.2, -0.15) is 0 Å². The van der Waals surface area contributed by atoms with Crippen LogP contribution >= 0.6 is 0 Å².